The van der Waals surface area contributed by atoms with E-state index in [1.807, 2.05) is 0 Å². The van der Waals surface area contributed by atoms with Crippen LogP contribution >= 0.6 is 15.9 Å². The van der Waals surface area contributed by atoms with Crippen molar-refractivity contribution in [2.75, 3.05) is 5.33 Å². The van der Waals surface area contributed by atoms with E-state index < -0.39 is 0 Å². The summed E-state index contributed by atoms with van der Waals surface area (Å²) in [6.45, 7) is 6.61. The van der Waals surface area contributed by atoms with Crippen molar-refractivity contribution in [3.63, 3.8) is 0 Å². The smallest absolute Gasteiger partial charge is 0.0103 e. The molecule has 0 fully saturated rings. The van der Waals surface area contributed by atoms with Crippen molar-refractivity contribution in [1.29, 1.82) is 0 Å². The SMILES string of the molecule is Cc1ccc(C(CBr)Cc2ccc(C(C)C)cc2)cc1. The Balaban J connectivity index is 2.11. The van der Waals surface area contributed by atoms with Crippen LogP contribution in [-0.2, 0) is 6.42 Å². The molecule has 1 atom stereocenters. The maximum absolute atomic E-state index is 3.67. The first kappa shape index (κ1) is 15.3. The second-order valence-corrected chi connectivity index (χ2v) is 6.51. The zero-order valence-corrected chi connectivity index (χ0v) is 14.2. The Hall–Kier alpha value is -1.08. The molecule has 0 radical (unpaired) electrons. The van der Waals surface area contributed by atoms with Crippen molar-refractivity contribution >= 4 is 15.9 Å². The van der Waals surface area contributed by atoms with Gasteiger partial charge in [-0.3, -0.25) is 0 Å². The molecule has 0 saturated heterocycles. The highest BCUT2D eigenvalue weighted by Gasteiger charge is 2.11. The summed E-state index contributed by atoms with van der Waals surface area (Å²) >= 11 is 3.67. The lowest BCUT2D eigenvalue weighted by atomic mass is 9.92. The second-order valence-electron chi connectivity index (χ2n) is 5.86. The molecule has 0 heterocycles. The van der Waals surface area contributed by atoms with Crippen molar-refractivity contribution in [2.24, 2.45) is 0 Å². The van der Waals surface area contributed by atoms with Gasteiger partial charge in [0, 0.05) is 5.33 Å². The fourth-order valence-electron chi connectivity index (χ4n) is 2.42. The zero-order valence-electron chi connectivity index (χ0n) is 12.6. The van der Waals surface area contributed by atoms with E-state index in [1.54, 1.807) is 0 Å². The number of alkyl halides is 1. The van der Waals surface area contributed by atoms with E-state index in [0.717, 1.165) is 11.8 Å². The highest BCUT2D eigenvalue weighted by molar-refractivity contribution is 9.09. The Morgan fingerprint density at radius 3 is 1.90 bits per heavy atom. The Labute approximate surface area is 131 Å². The number of hydrogen-bond acceptors (Lipinski definition) is 0. The van der Waals surface area contributed by atoms with Gasteiger partial charge in [0.15, 0.2) is 0 Å². The van der Waals surface area contributed by atoms with E-state index >= 15 is 0 Å². The van der Waals surface area contributed by atoms with E-state index in [4.69, 9.17) is 0 Å². The van der Waals surface area contributed by atoms with Gasteiger partial charge in [0.1, 0.15) is 0 Å². The fraction of sp³-hybridized carbons (Fsp3) is 0.368. The van der Waals surface area contributed by atoms with Crippen molar-refractivity contribution in [3.05, 3.63) is 70.8 Å². The summed E-state index contributed by atoms with van der Waals surface area (Å²) < 4.78 is 0. The Morgan fingerprint density at radius 1 is 0.850 bits per heavy atom. The van der Waals surface area contributed by atoms with Gasteiger partial charge in [0.2, 0.25) is 0 Å². The molecular formula is C19H23Br. The van der Waals surface area contributed by atoms with Crippen LogP contribution in [0.5, 0.6) is 0 Å². The predicted molar refractivity (Wildman–Crippen MR) is 91.9 cm³/mol. The molecular weight excluding hydrogens is 308 g/mol. The quantitative estimate of drug-likeness (QED) is 0.604. The van der Waals surface area contributed by atoms with Crippen molar-refractivity contribution < 1.29 is 0 Å². The average molecular weight is 331 g/mol. The molecule has 0 N–H and O–H groups in total. The molecule has 106 valence electrons. The van der Waals surface area contributed by atoms with Crippen LogP contribution in [0.1, 0.15) is 47.9 Å². The number of aryl methyl sites for hydroxylation is 1. The number of hydrogen-bond donors (Lipinski definition) is 0. The van der Waals surface area contributed by atoms with Crippen LogP contribution in [0, 0.1) is 6.92 Å². The first-order valence-corrected chi connectivity index (χ1v) is 8.43. The lowest BCUT2D eigenvalue weighted by molar-refractivity contribution is 0.773. The van der Waals surface area contributed by atoms with Crippen molar-refractivity contribution in [3.8, 4) is 0 Å². The Kier molecular flexibility index (Phi) is 5.42. The van der Waals surface area contributed by atoms with Crippen LogP contribution < -0.4 is 0 Å². The highest BCUT2D eigenvalue weighted by atomic mass is 79.9. The number of benzene rings is 2. The summed E-state index contributed by atoms with van der Waals surface area (Å²) in [6, 6.07) is 18.0. The monoisotopic (exact) mass is 330 g/mol. The molecule has 0 aliphatic carbocycles. The zero-order chi connectivity index (χ0) is 14.5. The minimum Gasteiger partial charge on any atom is -0.0921 e. The second kappa shape index (κ2) is 7.08. The molecule has 0 amide bonds. The topological polar surface area (TPSA) is 0 Å². The predicted octanol–water partition coefficient (Wildman–Crippen LogP) is 5.84. The summed E-state index contributed by atoms with van der Waals surface area (Å²) in [5.74, 6) is 1.15. The van der Waals surface area contributed by atoms with Gasteiger partial charge in [-0.05, 0) is 41.9 Å². The fourth-order valence-corrected chi connectivity index (χ4v) is 3.03. The molecule has 0 spiro atoms. The van der Waals surface area contributed by atoms with Gasteiger partial charge >= 0.3 is 0 Å². The van der Waals surface area contributed by atoms with E-state index in [9.17, 15) is 0 Å². The molecule has 0 aliphatic heterocycles. The standard InChI is InChI=1S/C19H23Br/c1-14(2)17-10-6-16(7-11-17)12-19(13-20)18-8-4-15(3)5-9-18/h4-11,14,19H,12-13H2,1-3H3. The van der Waals surface area contributed by atoms with Crippen LogP contribution in [0.25, 0.3) is 0 Å². The lowest BCUT2D eigenvalue weighted by Crippen LogP contribution is -2.04. The van der Waals surface area contributed by atoms with E-state index in [0.29, 0.717) is 11.8 Å². The molecule has 1 heteroatoms. The van der Waals surface area contributed by atoms with Crippen molar-refractivity contribution in [2.45, 2.75) is 39.0 Å². The molecule has 20 heavy (non-hydrogen) atoms. The molecule has 0 aliphatic rings. The molecule has 0 saturated carbocycles. The van der Waals surface area contributed by atoms with Crippen LogP contribution in [0.15, 0.2) is 48.5 Å². The molecule has 0 nitrogen and oxygen atoms in total. The molecule has 2 aromatic carbocycles. The van der Waals surface area contributed by atoms with E-state index in [-0.39, 0.29) is 0 Å². The third kappa shape index (κ3) is 3.96. The van der Waals surface area contributed by atoms with Gasteiger partial charge in [-0.2, -0.15) is 0 Å². The summed E-state index contributed by atoms with van der Waals surface area (Å²) in [4.78, 5) is 0. The third-order valence-electron chi connectivity index (χ3n) is 3.86. The first-order chi connectivity index (χ1) is 9.60. The Bertz CT molecular complexity index is 523. The third-order valence-corrected chi connectivity index (χ3v) is 4.65. The largest absolute Gasteiger partial charge is 0.0921 e. The van der Waals surface area contributed by atoms with Gasteiger partial charge in [0.25, 0.3) is 0 Å². The number of halogens is 1. The van der Waals surface area contributed by atoms with Crippen LogP contribution in [0.4, 0.5) is 0 Å². The minimum atomic E-state index is 0.542. The van der Waals surface area contributed by atoms with Gasteiger partial charge < -0.3 is 0 Å². The summed E-state index contributed by atoms with van der Waals surface area (Å²) in [5, 5.41) is 1.00. The maximum Gasteiger partial charge on any atom is 0.0103 e. The maximum atomic E-state index is 3.67. The van der Waals surface area contributed by atoms with Crippen LogP contribution in [-0.4, -0.2) is 5.33 Å². The minimum absolute atomic E-state index is 0.542. The van der Waals surface area contributed by atoms with Crippen LogP contribution in [0.3, 0.4) is 0 Å². The average Bonchev–Trinajstić information content (AvgIpc) is 2.46. The number of rotatable bonds is 5. The van der Waals surface area contributed by atoms with Gasteiger partial charge in [-0.1, -0.05) is 83.9 Å². The first-order valence-electron chi connectivity index (χ1n) is 7.31. The molecule has 2 aromatic rings. The van der Waals surface area contributed by atoms with Crippen molar-refractivity contribution in [1.82, 2.24) is 0 Å². The normalized spacial score (nSPS) is 12.7. The lowest BCUT2D eigenvalue weighted by Gasteiger charge is -2.15. The summed E-state index contributed by atoms with van der Waals surface area (Å²) in [7, 11) is 0. The van der Waals surface area contributed by atoms with Gasteiger partial charge in [-0.25, -0.2) is 0 Å². The van der Waals surface area contributed by atoms with E-state index in [2.05, 4.69) is 85.2 Å². The Morgan fingerprint density at radius 2 is 1.40 bits per heavy atom. The molecule has 0 aromatic heterocycles. The highest BCUT2D eigenvalue weighted by Crippen LogP contribution is 2.24. The molecule has 2 rings (SSSR count). The summed E-state index contributed by atoms with van der Waals surface area (Å²) in [6.07, 6.45) is 1.09. The van der Waals surface area contributed by atoms with Crippen LogP contribution in [0.2, 0.25) is 0 Å². The van der Waals surface area contributed by atoms with Gasteiger partial charge in [0.05, 0.1) is 0 Å². The van der Waals surface area contributed by atoms with Gasteiger partial charge in [-0.15, -0.1) is 0 Å². The summed E-state index contributed by atoms with van der Waals surface area (Å²) in [5.41, 5.74) is 5.57. The molecule has 0 bridgehead atoms. The molecule has 1 unspecified atom stereocenters. The van der Waals surface area contributed by atoms with E-state index in [1.165, 1.54) is 22.3 Å².